The zero-order valence-electron chi connectivity index (χ0n) is 8.31. The second kappa shape index (κ2) is 3.70. The molecular weight excluding hydrogens is 214 g/mol. The number of hydrogen-bond acceptors (Lipinski definition) is 6. The molecule has 2 heterocycles. The molecule has 2 aliphatic rings. The van der Waals surface area contributed by atoms with Crippen LogP contribution in [0.15, 0.2) is 6.33 Å². The van der Waals surface area contributed by atoms with Crippen molar-refractivity contribution in [3.63, 3.8) is 0 Å². The molecule has 6 heteroatoms. The molecule has 0 aromatic carbocycles. The highest BCUT2D eigenvalue weighted by Gasteiger charge is 2.44. The summed E-state index contributed by atoms with van der Waals surface area (Å²) >= 11 is 1.39. The van der Waals surface area contributed by atoms with E-state index in [0.717, 1.165) is 37.6 Å². The molecule has 1 spiro atoms. The van der Waals surface area contributed by atoms with Gasteiger partial charge in [-0.3, -0.25) is 0 Å². The van der Waals surface area contributed by atoms with Gasteiger partial charge in [-0.25, -0.2) is 4.98 Å². The zero-order valence-corrected chi connectivity index (χ0v) is 9.13. The standard InChI is InChI=1S/C9H13N3O2S/c1-2-9(13-3-4-14-9)5-7(1)12-8-10-6-11-15-8/h6-7H,1-5H2,(H,10,11,12). The maximum Gasteiger partial charge on any atom is 0.202 e. The molecule has 0 bridgehead atoms. The van der Waals surface area contributed by atoms with Crippen LogP contribution in [0.1, 0.15) is 19.3 Å². The van der Waals surface area contributed by atoms with Crippen LogP contribution in [0.25, 0.3) is 0 Å². The van der Waals surface area contributed by atoms with E-state index in [2.05, 4.69) is 14.7 Å². The monoisotopic (exact) mass is 227 g/mol. The van der Waals surface area contributed by atoms with E-state index in [1.165, 1.54) is 11.5 Å². The molecule has 15 heavy (non-hydrogen) atoms. The van der Waals surface area contributed by atoms with Crippen molar-refractivity contribution in [3.8, 4) is 0 Å². The first-order valence-corrected chi connectivity index (χ1v) is 5.95. The molecule has 1 saturated carbocycles. The van der Waals surface area contributed by atoms with Gasteiger partial charge in [0.25, 0.3) is 0 Å². The molecule has 1 aromatic heterocycles. The topological polar surface area (TPSA) is 56.3 Å². The summed E-state index contributed by atoms with van der Waals surface area (Å²) in [6.07, 6.45) is 4.52. The average molecular weight is 227 g/mol. The third-order valence-electron chi connectivity index (χ3n) is 2.93. The summed E-state index contributed by atoms with van der Waals surface area (Å²) in [5.41, 5.74) is 0. The highest BCUT2D eigenvalue weighted by Crippen LogP contribution is 2.38. The smallest absolute Gasteiger partial charge is 0.202 e. The van der Waals surface area contributed by atoms with E-state index >= 15 is 0 Å². The van der Waals surface area contributed by atoms with E-state index in [0.29, 0.717) is 6.04 Å². The highest BCUT2D eigenvalue weighted by atomic mass is 32.1. The van der Waals surface area contributed by atoms with Crippen molar-refractivity contribution in [2.24, 2.45) is 0 Å². The van der Waals surface area contributed by atoms with Gasteiger partial charge in [-0.1, -0.05) is 0 Å². The molecule has 1 aromatic rings. The van der Waals surface area contributed by atoms with Gasteiger partial charge in [0.05, 0.1) is 13.2 Å². The summed E-state index contributed by atoms with van der Waals surface area (Å²) in [6, 6.07) is 0.399. The van der Waals surface area contributed by atoms with Gasteiger partial charge in [0, 0.05) is 30.4 Å². The van der Waals surface area contributed by atoms with Crippen molar-refractivity contribution in [1.29, 1.82) is 0 Å². The summed E-state index contributed by atoms with van der Waals surface area (Å²) < 4.78 is 15.3. The van der Waals surface area contributed by atoms with E-state index < -0.39 is 0 Å². The van der Waals surface area contributed by atoms with Gasteiger partial charge < -0.3 is 14.8 Å². The molecule has 0 amide bonds. The molecule has 1 aliphatic heterocycles. The maximum atomic E-state index is 5.66. The van der Waals surface area contributed by atoms with Crippen molar-refractivity contribution in [2.45, 2.75) is 31.1 Å². The molecule has 1 atom stereocenters. The molecule has 1 saturated heterocycles. The highest BCUT2D eigenvalue weighted by molar-refractivity contribution is 7.09. The van der Waals surface area contributed by atoms with E-state index in [1.54, 1.807) is 6.33 Å². The second-order valence-electron chi connectivity index (χ2n) is 3.94. The van der Waals surface area contributed by atoms with Crippen LogP contribution < -0.4 is 5.32 Å². The molecule has 0 radical (unpaired) electrons. The Kier molecular flexibility index (Phi) is 2.34. The maximum absolute atomic E-state index is 5.66. The lowest BCUT2D eigenvalue weighted by molar-refractivity contribution is -0.150. The van der Waals surface area contributed by atoms with Crippen LogP contribution in [-0.4, -0.2) is 34.4 Å². The minimum atomic E-state index is -0.303. The summed E-state index contributed by atoms with van der Waals surface area (Å²) in [7, 11) is 0. The Bertz CT molecular complexity index is 324. The second-order valence-corrected chi connectivity index (χ2v) is 4.72. The quantitative estimate of drug-likeness (QED) is 0.824. The summed E-state index contributed by atoms with van der Waals surface area (Å²) in [5.74, 6) is -0.303. The normalized spacial score (nSPS) is 28.7. The Morgan fingerprint density at radius 1 is 1.47 bits per heavy atom. The lowest BCUT2D eigenvalue weighted by Gasteiger charge is -2.21. The van der Waals surface area contributed by atoms with Crippen molar-refractivity contribution in [3.05, 3.63) is 6.33 Å². The number of hydrogen-bond donors (Lipinski definition) is 1. The van der Waals surface area contributed by atoms with Gasteiger partial charge in [0.2, 0.25) is 5.13 Å². The van der Waals surface area contributed by atoms with Crippen LogP contribution >= 0.6 is 11.5 Å². The molecular formula is C9H13N3O2S. The first kappa shape index (κ1) is 9.50. The van der Waals surface area contributed by atoms with Gasteiger partial charge in [-0.15, -0.1) is 0 Å². The number of rotatable bonds is 2. The van der Waals surface area contributed by atoms with Crippen LogP contribution in [-0.2, 0) is 9.47 Å². The van der Waals surface area contributed by atoms with E-state index in [-0.39, 0.29) is 5.79 Å². The minimum Gasteiger partial charge on any atom is -0.357 e. The predicted octanol–water partition coefficient (Wildman–Crippen LogP) is 1.25. The lowest BCUT2D eigenvalue weighted by atomic mass is 10.2. The Balaban J connectivity index is 1.61. The van der Waals surface area contributed by atoms with Gasteiger partial charge >= 0.3 is 0 Å². The van der Waals surface area contributed by atoms with Gasteiger partial charge in [0.15, 0.2) is 5.79 Å². The van der Waals surface area contributed by atoms with Crippen molar-refractivity contribution in [1.82, 2.24) is 9.36 Å². The number of nitrogens with one attached hydrogen (secondary N) is 1. The first-order valence-electron chi connectivity index (χ1n) is 5.17. The van der Waals surface area contributed by atoms with Crippen LogP contribution in [0, 0.1) is 0 Å². The molecule has 1 unspecified atom stereocenters. The largest absolute Gasteiger partial charge is 0.357 e. The minimum absolute atomic E-state index is 0.303. The Labute approximate surface area is 92.0 Å². The van der Waals surface area contributed by atoms with Crippen molar-refractivity contribution in [2.75, 3.05) is 18.5 Å². The Hall–Kier alpha value is -0.720. The van der Waals surface area contributed by atoms with Crippen molar-refractivity contribution >= 4 is 16.7 Å². The number of nitrogens with zero attached hydrogens (tertiary/aromatic N) is 2. The molecule has 2 fully saturated rings. The third-order valence-corrected chi connectivity index (χ3v) is 3.53. The summed E-state index contributed by atoms with van der Waals surface area (Å²) in [4.78, 5) is 4.11. The van der Waals surface area contributed by atoms with Crippen LogP contribution in [0.3, 0.4) is 0 Å². The van der Waals surface area contributed by atoms with Crippen molar-refractivity contribution < 1.29 is 9.47 Å². The predicted molar refractivity (Wildman–Crippen MR) is 55.8 cm³/mol. The van der Waals surface area contributed by atoms with Gasteiger partial charge in [-0.05, 0) is 6.42 Å². The molecule has 3 rings (SSSR count). The van der Waals surface area contributed by atoms with Crippen LogP contribution in [0.5, 0.6) is 0 Å². The fraction of sp³-hybridized carbons (Fsp3) is 0.778. The van der Waals surface area contributed by atoms with E-state index in [9.17, 15) is 0 Å². The number of ether oxygens (including phenoxy) is 2. The summed E-state index contributed by atoms with van der Waals surface area (Å²) in [5, 5.41) is 4.24. The third kappa shape index (κ3) is 1.84. The molecule has 1 N–H and O–H groups in total. The molecule has 5 nitrogen and oxygen atoms in total. The first-order chi connectivity index (χ1) is 7.36. The van der Waals surface area contributed by atoms with Gasteiger partial charge in [0.1, 0.15) is 6.33 Å². The Morgan fingerprint density at radius 3 is 3.07 bits per heavy atom. The van der Waals surface area contributed by atoms with Crippen LogP contribution in [0.4, 0.5) is 5.13 Å². The SMILES string of the molecule is c1nsc(NC2CCC3(C2)OCCO3)n1. The number of aromatic nitrogens is 2. The van der Waals surface area contributed by atoms with Gasteiger partial charge in [-0.2, -0.15) is 4.37 Å². The molecule has 82 valence electrons. The molecule has 1 aliphatic carbocycles. The van der Waals surface area contributed by atoms with E-state index in [1.807, 2.05) is 0 Å². The zero-order chi connectivity index (χ0) is 10.1. The number of anilines is 1. The Morgan fingerprint density at radius 2 is 2.33 bits per heavy atom. The lowest BCUT2D eigenvalue weighted by Crippen LogP contribution is -2.28. The van der Waals surface area contributed by atoms with E-state index in [4.69, 9.17) is 9.47 Å². The average Bonchev–Trinajstić information content (AvgIpc) is 2.92. The fourth-order valence-corrected chi connectivity index (χ4v) is 2.78. The van der Waals surface area contributed by atoms with Crippen LogP contribution in [0.2, 0.25) is 0 Å². The fourth-order valence-electron chi connectivity index (χ4n) is 2.27. The summed E-state index contributed by atoms with van der Waals surface area (Å²) in [6.45, 7) is 1.46.